The molecule has 0 bridgehead atoms. The molecule has 0 aromatic heterocycles. The lowest BCUT2D eigenvalue weighted by Gasteiger charge is -2.11. The summed E-state index contributed by atoms with van der Waals surface area (Å²) in [5.74, 6) is -0.522. The number of nitrogens with one attached hydrogen (secondary N) is 1. The summed E-state index contributed by atoms with van der Waals surface area (Å²) in [6.07, 6.45) is 4.50. The zero-order chi connectivity index (χ0) is 15.4. The average molecular weight is 349 g/mol. The topological polar surface area (TPSA) is 64.6 Å². The van der Waals surface area contributed by atoms with Crippen molar-refractivity contribution >= 4 is 46.9 Å². The lowest BCUT2D eigenvalue weighted by atomic mass is 10.2. The van der Waals surface area contributed by atoms with Crippen molar-refractivity contribution in [1.82, 2.24) is 5.32 Å². The van der Waals surface area contributed by atoms with Gasteiger partial charge in [0.25, 0.3) is 0 Å². The summed E-state index contributed by atoms with van der Waals surface area (Å²) in [5.41, 5.74) is 0. The number of rotatable bonds is 9. The van der Waals surface area contributed by atoms with Gasteiger partial charge in [-0.1, -0.05) is 67.4 Å². The minimum absolute atomic E-state index is 0.270. The van der Waals surface area contributed by atoms with E-state index in [1.165, 1.54) is 12.8 Å². The molecule has 0 saturated carbocycles. The van der Waals surface area contributed by atoms with Gasteiger partial charge in [-0.2, -0.15) is 0 Å². The van der Waals surface area contributed by atoms with E-state index in [0.29, 0.717) is 6.61 Å². The highest BCUT2D eigenvalue weighted by atomic mass is 35.6. The van der Waals surface area contributed by atoms with Crippen LogP contribution in [0.1, 0.15) is 39.0 Å². The second kappa shape index (κ2) is 11.3. The Hall–Kier alpha value is -0.390. The molecule has 0 radical (unpaired) electrons. The number of ether oxygens (including phenoxy) is 2. The highest BCUT2D eigenvalue weighted by Gasteiger charge is 2.22. The Kier molecular flexibility index (Phi) is 11.1. The lowest BCUT2D eigenvalue weighted by molar-refractivity contribution is -0.142. The maximum Gasteiger partial charge on any atom is 0.407 e. The van der Waals surface area contributed by atoms with Crippen molar-refractivity contribution in [1.29, 1.82) is 0 Å². The quantitative estimate of drug-likeness (QED) is 0.393. The third-order valence-corrected chi connectivity index (χ3v) is 2.58. The van der Waals surface area contributed by atoms with E-state index in [0.717, 1.165) is 19.3 Å². The van der Waals surface area contributed by atoms with Gasteiger partial charge in [0.15, 0.2) is 0 Å². The molecular weight excluding hydrogens is 328 g/mol. The van der Waals surface area contributed by atoms with E-state index in [1.54, 1.807) is 0 Å². The molecule has 0 aliphatic rings. The number of carbonyl (C=O) groups excluding carboxylic acids is 2. The monoisotopic (exact) mass is 347 g/mol. The molecule has 118 valence electrons. The van der Waals surface area contributed by atoms with Gasteiger partial charge in [-0.25, -0.2) is 4.79 Å². The van der Waals surface area contributed by atoms with Gasteiger partial charge < -0.3 is 14.8 Å². The summed E-state index contributed by atoms with van der Waals surface area (Å²) in [4.78, 5) is 22.4. The molecule has 0 saturated heterocycles. The molecule has 0 spiro atoms. The second-order valence-electron chi connectivity index (χ2n) is 4.18. The van der Waals surface area contributed by atoms with Crippen LogP contribution in [0.5, 0.6) is 0 Å². The number of carbonyl (C=O) groups is 2. The van der Waals surface area contributed by atoms with Gasteiger partial charge in [0.2, 0.25) is 3.79 Å². The zero-order valence-electron chi connectivity index (χ0n) is 11.4. The Balaban J connectivity index is 3.50. The maximum atomic E-state index is 11.3. The Labute approximate surface area is 134 Å². The van der Waals surface area contributed by atoms with Crippen molar-refractivity contribution in [2.75, 3.05) is 19.8 Å². The maximum absolute atomic E-state index is 11.3. The highest BCUT2D eigenvalue weighted by Crippen LogP contribution is 2.25. The number of alkyl carbamates (subject to hydrolysis) is 1. The predicted molar refractivity (Wildman–Crippen MR) is 79.4 cm³/mol. The van der Waals surface area contributed by atoms with Crippen LogP contribution in [-0.4, -0.2) is 35.6 Å². The van der Waals surface area contributed by atoms with Crippen molar-refractivity contribution in [3.8, 4) is 0 Å². The molecule has 0 aromatic rings. The molecule has 0 unspecified atom stereocenters. The Morgan fingerprint density at radius 1 is 1.05 bits per heavy atom. The van der Waals surface area contributed by atoms with Gasteiger partial charge in [-0.15, -0.1) is 0 Å². The number of alkyl halides is 3. The first-order valence-electron chi connectivity index (χ1n) is 6.48. The Morgan fingerprint density at radius 2 is 1.70 bits per heavy atom. The summed E-state index contributed by atoms with van der Waals surface area (Å²) in [5, 5.41) is 2.20. The van der Waals surface area contributed by atoms with Crippen LogP contribution in [0.3, 0.4) is 0 Å². The molecule has 5 nitrogen and oxygen atoms in total. The van der Waals surface area contributed by atoms with Crippen LogP contribution < -0.4 is 5.32 Å². The van der Waals surface area contributed by atoms with Gasteiger partial charge in [0.05, 0.1) is 6.61 Å². The number of halogens is 3. The second-order valence-corrected chi connectivity index (χ2v) is 6.70. The van der Waals surface area contributed by atoms with E-state index < -0.39 is 22.5 Å². The molecule has 20 heavy (non-hydrogen) atoms. The standard InChI is InChI=1S/C12H20Cl3NO4/c1-2-3-4-5-6-7-19-10(17)8-16-11(18)20-9-12(13,14)15/h2-9H2,1H3,(H,16,18). The molecule has 0 aliphatic heterocycles. The summed E-state index contributed by atoms with van der Waals surface area (Å²) in [6, 6.07) is 0. The van der Waals surface area contributed by atoms with Crippen LogP contribution in [0.4, 0.5) is 4.79 Å². The fourth-order valence-electron chi connectivity index (χ4n) is 1.29. The fourth-order valence-corrected chi connectivity index (χ4v) is 1.45. The molecule has 0 aliphatic carbocycles. The Bertz CT molecular complexity index is 295. The molecule has 8 heteroatoms. The van der Waals surface area contributed by atoms with Gasteiger partial charge >= 0.3 is 12.1 Å². The molecule has 0 atom stereocenters. The first-order chi connectivity index (χ1) is 9.35. The lowest BCUT2D eigenvalue weighted by Crippen LogP contribution is -2.33. The van der Waals surface area contributed by atoms with Crippen LogP contribution >= 0.6 is 34.8 Å². The van der Waals surface area contributed by atoms with Crippen LogP contribution in [-0.2, 0) is 14.3 Å². The molecule has 1 amide bonds. The van der Waals surface area contributed by atoms with Crippen molar-refractivity contribution < 1.29 is 19.1 Å². The smallest absolute Gasteiger partial charge is 0.407 e. The number of amides is 1. The molecule has 0 rings (SSSR count). The van der Waals surface area contributed by atoms with Gasteiger partial charge in [-0.3, -0.25) is 4.79 Å². The minimum Gasteiger partial charge on any atom is -0.464 e. The first kappa shape index (κ1) is 19.6. The van der Waals surface area contributed by atoms with E-state index in [4.69, 9.17) is 39.5 Å². The van der Waals surface area contributed by atoms with Crippen molar-refractivity contribution in [2.45, 2.75) is 42.8 Å². The van der Waals surface area contributed by atoms with Crippen molar-refractivity contribution in [3.05, 3.63) is 0 Å². The SMILES string of the molecule is CCCCCCCOC(=O)CNC(=O)OCC(Cl)(Cl)Cl. The average Bonchev–Trinajstić information content (AvgIpc) is 2.37. The predicted octanol–water partition coefficient (Wildman–Crippen LogP) is 3.60. The molecule has 0 aromatic carbocycles. The van der Waals surface area contributed by atoms with Crippen molar-refractivity contribution in [2.24, 2.45) is 0 Å². The van der Waals surface area contributed by atoms with Gasteiger partial charge in [0, 0.05) is 0 Å². The summed E-state index contributed by atoms with van der Waals surface area (Å²) in [6.45, 7) is 1.82. The van der Waals surface area contributed by atoms with E-state index in [-0.39, 0.29) is 6.54 Å². The van der Waals surface area contributed by atoms with Crippen LogP contribution in [0.15, 0.2) is 0 Å². The molecule has 0 heterocycles. The van der Waals surface area contributed by atoms with Crippen LogP contribution in [0.2, 0.25) is 0 Å². The number of unbranched alkanes of at least 4 members (excludes halogenated alkanes) is 4. The zero-order valence-corrected chi connectivity index (χ0v) is 13.7. The fraction of sp³-hybridized carbons (Fsp3) is 0.833. The third-order valence-electron chi connectivity index (χ3n) is 2.25. The van der Waals surface area contributed by atoms with Gasteiger partial charge in [0.1, 0.15) is 13.2 Å². The van der Waals surface area contributed by atoms with E-state index in [9.17, 15) is 9.59 Å². The first-order valence-corrected chi connectivity index (χ1v) is 7.61. The Morgan fingerprint density at radius 3 is 2.30 bits per heavy atom. The highest BCUT2D eigenvalue weighted by molar-refractivity contribution is 6.67. The van der Waals surface area contributed by atoms with E-state index in [2.05, 4.69) is 17.0 Å². The molecule has 0 fully saturated rings. The number of hydrogen-bond donors (Lipinski definition) is 1. The van der Waals surface area contributed by atoms with E-state index in [1.807, 2.05) is 0 Å². The number of esters is 1. The van der Waals surface area contributed by atoms with Gasteiger partial charge in [-0.05, 0) is 6.42 Å². The normalized spacial score (nSPS) is 11.0. The third kappa shape index (κ3) is 14.0. The van der Waals surface area contributed by atoms with Crippen molar-refractivity contribution in [3.63, 3.8) is 0 Å². The van der Waals surface area contributed by atoms with Crippen LogP contribution in [0.25, 0.3) is 0 Å². The molecule has 1 N–H and O–H groups in total. The summed E-state index contributed by atoms with van der Waals surface area (Å²) < 4.78 is 7.83. The largest absolute Gasteiger partial charge is 0.464 e. The summed E-state index contributed by atoms with van der Waals surface area (Å²) in [7, 11) is 0. The minimum atomic E-state index is -1.67. The summed E-state index contributed by atoms with van der Waals surface area (Å²) >= 11 is 16.2. The van der Waals surface area contributed by atoms with Crippen LogP contribution in [0, 0.1) is 0 Å². The molecular formula is C12H20Cl3NO4. The van der Waals surface area contributed by atoms with E-state index >= 15 is 0 Å². The number of hydrogen-bond acceptors (Lipinski definition) is 4.